The zero-order valence-corrected chi connectivity index (χ0v) is 19.4. The first kappa shape index (κ1) is 21.3. The molecule has 1 aromatic carbocycles. The standard InChI is InChI=1S/C25H29N7O/c1-17-22(18(2)31(28-17)24-11-10-23-27-26-19(3)32(23)29-24)9-12-25(33)30-14-13-21(16-30)15-20-7-5-4-6-8-20/h4-8,10-11,21H,9,12-16H2,1-3H3/t21-/m0/s1. The monoisotopic (exact) mass is 443 g/mol. The van der Waals surface area contributed by atoms with E-state index >= 15 is 0 Å². The Morgan fingerprint density at radius 3 is 2.67 bits per heavy atom. The van der Waals surface area contributed by atoms with Crippen molar-refractivity contribution in [1.29, 1.82) is 0 Å². The molecule has 1 aliphatic heterocycles. The van der Waals surface area contributed by atoms with Crippen molar-refractivity contribution in [1.82, 2.24) is 34.5 Å². The summed E-state index contributed by atoms with van der Waals surface area (Å²) in [5.41, 5.74) is 5.13. The Balaban J connectivity index is 1.24. The van der Waals surface area contributed by atoms with Crippen LogP contribution in [0, 0.1) is 26.7 Å². The normalized spacial score (nSPS) is 16.1. The van der Waals surface area contributed by atoms with Gasteiger partial charge in [0.1, 0.15) is 0 Å². The van der Waals surface area contributed by atoms with Crippen LogP contribution < -0.4 is 0 Å². The summed E-state index contributed by atoms with van der Waals surface area (Å²) in [5.74, 6) is 2.23. The molecule has 4 heterocycles. The van der Waals surface area contributed by atoms with Crippen LogP contribution in [0.25, 0.3) is 11.5 Å². The van der Waals surface area contributed by atoms with Crippen molar-refractivity contribution >= 4 is 11.6 Å². The molecule has 1 atom stereocenters. The lowest BCUT2D eigenvalue weighted by Crippen LogP contribution is -2.29. The van der Waals surface area contributed by atoms with Gasteiger partial charge in [-0.15, -0.1) is 15.3 Å². The number of amides is 1. The van der Waals surface area contributed by atoms with Gasteiger partial charge >= 0.3 is 0 Å². The van der Waals surface area contributed by atoms with E-state index in [1.165, 1.54) is 5.56 Å². The zero-order valence-electron chi connectivity index (χ0n) is 19.4. The topological polar surface area (TPSA) is 81.2 Å². The number of rotatable bonds is 6. The van der Waals surface area contributed by atoms with Gasteiger partial charge in [-0.25, -0.2) is 4.68 Å². The predicted molar refractivity (Wildman–Crippen MR) is 125 cm³/mol. The van der Waals surface area contributed by atoms with E-state index in [2.05, 4.69) is 39.6 Å². The molecule has 1 amide bonds. The molecule has 4 aromatic rings. The fourth-order valence-electron chi connectivity index (χ4n) is 4.82. The molecule has 1 fully saturated rings. The molecule has 0 bridgehead atoms. The molecule has 1 aliphatic rings. The van der Waals surface area contributed by atoms with E-state index in [4.69, 9.17) is 5.10 Å². The van der Waals surface area contributed by atoms with Gasteiger partial charge in [0.05, 0.1) is 5.69 Å². The highest BCUT2D eigenvalue weighted by molar-refractivity contribution is 5.76. The van der Waals surface area contributed by atoms with Gasteiger partial charge in [0.15, 0.2) is 17.3 Å². The fraction of sp³-hybridized carbons (Fsp3) is 0.400. The number of benzene rings is 1. The Morgan fingerprint density at radius 2 is 1.85 bits per heavy atom. The van der Waals surface area contributed by atoms with Crippen molar-refractivity contribution in [3.63, 3.8) is 0 Å². The van der Waals surface area contributed by atoms with Gasteiger partial charge in [0.2, 0.25) is 5.91 Å². The minimum absolute atomic E-state index is 0.233. The van der Waals surface area contributed by atoms with Crippen LogP contribution in [0.1, 0.15) is 41.2 Å². The highest BCUT2D eigenvalue weighted by Crippen LogP contribution is 2.23. The first-order valence-corrected chi connectivity index (χ1v) is 11.6. The Morgan fingerprint density at radius 1 is 1.03 bits per heavy atom. The summed E-state index contributed by atoms with van der Waals surface area (Å²) in [7, 11) is 0. The van der Waals surface area contributed by atoms with Crippen molar-refractivity contribution in [3.8, 4) is 5.82 Å². The predicted octanol–water partition coefficient (Wildman–Crippen LogP) is 3.26. The molecule has 0 radical (unpaired) electrons. The van der Waals surface area contributed by atoms with E-state index in [1.54, 1.807) is 4.52 Å². The zero-order chi connectivity index (χ0) is 22.9. The summed E-state index contributed by atoms with van der Waals surface area (Å²) in [6.07, 6.45) is 3.30. The molecule has 0 N–H and O–H groups in total. The smallest absolute Gasteiger partial charge is 0.222 e. The molecule has 8 nitrogen and oxygen atoms in total. The van der Waals surface area contributed by atoms with Crippen LogP contribution in [-0.2, 0) is 17.6 Å². The molecule has 33 heavy (non-hydrogen) atoms. The third kappa shape index (κ3) is 4.25. The van der Waals surface area contributed by atoms with Gasteiger partial charge in [0.25, 0.3) is 0 Å². The lowest BCUT2D eigenvalue weighted by Gasteiger charge is -2.17. The van der Waals surface area contributed by atoms with Crippen LogP contribution in [0.15, 0.2) is 42.5 Å². The number of hydrogen-bond acceptors (Lipinski definition) is 5. The number of carbonyl (C=O) groups is 1. The maximum Gasteiger partial charge on any atom is 0.222 e. The van der Waals surface area contributed by atoms with Gasteiger partial charge in [-0.3, -0.25) is 4.79 Å². The average molecular weight is 444 g/mol. The van der Waals surface area contributed by atoms with Gasteiger partial charge in [0, 0.05) is 25.2 Å². The third-order valence-electron chi connectivity index (χ3n) is 6.66. The quantitative estimate of drug-likeness (QED) is 0.457. The Kier molecular flexibility index (Phi) is 5.66. The fourth-order valence-corrected chi connectivity index (χ4v) is 4.82. The van der Waals surface area contributed by atoms with Crippen LogP contribution in [-0.4, -0.2) is 53.5 Å². The van der Waals surface area contributed by atoms with Crippen LogP contribution in [0.3, 0.4) is 0 Å². The maximum absolute atomic E-state index is 12.9. The third-order valence-corrected chi connectivity index (χ3v) is 6.66. The van der Waals surface area contributed by atoms with E-state index in [0.717, 1.165) is 48.7 Å². The number of aryl methyl sites for hydroxylation is 2. The minimum Gasteiger partial charge on any atom is -0.342 e. The minimum atomic E-state index is 0.233. The highest BCUT2D eigenvalue weighted by Gasteiger charge is 2.26. The number of aromatic nitrogens is 6. The number of hydrogen-bond donors (Lipinski definition) is 0. The second-order valence-corrected chi connectivity index (χ2v) is 8.95. The molecule has 1 saturated heterocycles. The van der Waals surface area contributed by atoms with Gasteiger partial charge in [-0.05, 0) is 69.2 Å². The Labute approximate surface area is 193 Å². The number of likely N-dealkylation sites (tertiary alicyclic amines) is 1. The van der Waals surface area contributed by atoms with Crippen molar-refractivity contribution in [2.24, 2.45) is 5.92 Å². The summed E-state index contributed by atoms with van der Waals surface area (Å²) in [6.45, 7) is 7.62. The summed E-state index contributed by atoms with van der Waals surface area (Å²) in [6, 6.07) is 14.3. The lowest BCUT2D eigenvalue weighted by atomic mass is 9.99. The van der Waals surface area contributed by atoms with Gasteiger partial charge in [-0.1, -0.05) is 30.3 Å². The summed E-state index contributed by atoms with van der Waals surface area (Å²) in [5, 5.41) is 17.5. The SMILES string of the molecule is Cc1nn(-c2ccc3nnc(C)n3n2)c(C)c1CCC(=O)N1CC[C@@H](Cc2ccccc2)C1. The summed E-state index contributed by atoms with van der Waals surface area (Å²) in [4.78, 5) is 15.0. The van der Waals surface area contributed by atoms with Crippen molar-refractivity contribution in [2.45, 2.75) is 46.5 Å². The van der Waals surface area contributed by atoms with E-state index < -0.39 is 0 Å². The molecule has 0 unspecified atom stereocenters. The second-order valence-electron chi connectivity index (χ2n) is 8.95. The summed E-state index contributed by atoms with van der Waals surface area (Å²) < 4.78 is 3.56. The number of nitrogens with zero attached hydrogens (tertiary/aromatic N) is 7. The molecule has 0 spiro atoms. The van der Waals surface area contributed by atoms with Gasteiger partial charge < -0.3 is 4.90 Å². The largest absolute Gasteiger partial charge is 0.342 e. The average Bonchev–Trinajstić information content (AvgIpc) is 3.51. The first-order chi connectivity index (χ1) is 16.0. The molecule has 5 rings (SSSR count). The van der Waals surface area contributed by atoms with E-state index in [9.17, 15) is 4.79 Å². The second kappa shape index (κ2) is 8.77. The molecule has 8 heteroatoms. The van der Waals surface area contributed by atoms with Crippen LogP contribution >= 0.6 is 0 Å². The molecular formula is C25H29N7O. The summed E-state index contributed by atoms with van der Waals surface area (Å²) >= 11 is 0. The molecule has 0 aliphatic carbocycles. The van der Waals surface area contributed by atoms with Crippen molar-refractivity contribution in [3.05, 3.63) is 70.8 Å². The van der Waals surface area contributed by atoms with Gasteiger partial charge in [-0.2, -0.15) is 9.61 Å². The molecule has 3 aromatic heterocycles. The number of carbonyl (C=O) groups excluding carboxylic acids is 1. The van der Waals surface area contributed by atoms with E-state index in [1.807, 2.05) is 48.6 Å². The maximum atomic E-state index is 12.9. The Bertz CT molecular complexity index is 1290. The van der Waals surface area contributed by atoms with Crippen molar-refractivity contribution in [2.75, 3.05) is 13.1 Å². The van der Waals surface area contributed by atoms with Crippen LogP contribution in [0.5, 0.6) is 0 Å². The number of fused-ring (bicyclic) bond motifs is 1. The highest BCUT2D eigenvalue weighted by atomic mass is 16.2. The molecule has 170 valence electrons. The van der Waals surface area contributed by atoms with E-state index in [0.29, 0.717) is 30.2 Å². The lowest BCUT2D eigenvalue weighted by molar-refractivity contribution is -0.130. The van der Waals surface area contributed by atoms with Crippen LogP contribution in [0.2, 0.25) is 0 Å². The van der Waals surface area contributed by atoms with Crippen molar-refractivity contribution < 1.29 is 4.79 Å². The first-order valence-electron chi connectivity index (χ1n) is 11.6. The van der Waals surface area contributed by atoms with E-state index in [-0.39, 0.29) is 5.91 Å². The Hall–Kier alpha value is -3.55. The van der Waals surface area contributed by atoms with Crippen LogP contribution in [0.4, 0.5) is 0 Å². The molecular weight excluding hydrogens is 414 g/mol. The molecule has 0 saturated carbocycles.